The topological polar surface area (TPSA) is 67.1 Å². The van der Waals surface area contributed by atoms with Gasteiger partial charge in [0, 0.05) is 31.4 Å². The zero-order chi connectivity index (χ0) is 17.5. The van der Waals surface area contributed by atoms with Crippen LogP contribution in [0.5, 0.6) is 0 Å². The minimum atomic E-state index is 0.465. The predicted molar refractivity (Wildman–Crippen MR) is 100 cm³/mol. The normalized spacial score (nSPS) is 12.2. The van der Waals surface area contributed by atoms with Crippen LogP contribution in [0.2, 0.25) is 0 Å². The van der Waals surface area contributed by atoms with E-state index in [0.717, 1.165) is 29.0 Å². The molecule has 2 aromatic heterocycles. The first-order chi connectivity index (χ1) is 11.5. The summed E-state index contributed by atoms with van der Waals surface area (Å²) in [6, 6.07) is 0. The van der Waals surface area contributed by atoms with Gasteiger partial charge in [-0.3, -0.25) is 4.99 Å². The van der Waals surface area contributed by atoms with Gasteiger partial charge >= 0.3 is 0 Å². The Hall–Kier alpha value is -1.89. The molecule has 0 amide bonds. The van der Waals surface area contributed by atoms with E-state index >= 15 is 0 Å². The Kier molecular flexibility index (Phi) is 6.78. The number of hydrogen-bond acceptors (Lipinski definition) is 4. The average Bonchev–Trinajstić information content (AvgIpc) is 3.16. The number of hydrogen-bond donors (Lipinski definition) is 2. The van der Waals surface area contributed by atoms with E-state index in [1.165, 1.54) is 0 Å². The maximum atomic E-state index is 4.63. The van der Waals surface area contributed by atoms with Gasteiger partial charge in [-0.25, -0.2) is 9.97 Å². The Labute approximate surface area is 148 Å². The summed E-state index contributed by atoms with van der Waals surface area (Å²) in [6.45, 7) is 11.0. The highest BCUT2D eigenvalue weighted by atomic mass is 32.1. The van der Waals surface area contributed by atoms with Gasteiger partial charge in [-0.2, -0.15) is 0 Å². The molecule has 0 aromatic carbocycles. The van der Waals surface area contributed by atoms with Gasteiger partial charge in [0.25, 0.3) is 0 Å². The van der Waals surface area contributed by atoms with Crippen molar-refractivity contribution in [2.75, 3.05) is 7.05 Å². The summed E-state index contributed by atoms with van der Waals surface area (Å²) in [5.74, 6) is 2.83. The number of guanidine groups is 1. The highest BCUT2D eigenvalue weighted by Gasteiger charge is 2.08. The lowest BCUT2D eigenvalue weighted by Gasteiger charge is -2.13. The highest BCUT2D eigenvalue weighted by molar-refractivity contribution is 7.09. The molecule has 0 radical (unpaired) electrons. The molecule has 2 aromatic rings. The van der Waals surface area contributed by atoms with E-state index in [2.05, 4.69) is 63.2 Å². The second-order valence-electron chi connectivity index (χ2n) is 6.49. The molecule has 0 unspecified atom stereocenters. The van der Waals surface area contributed by atoms with Crippen LogP contribution in [-0.2, 0) is 19.6 Å². The van der Waals surface area contributed by atoms with Crippen molar-refractivity contribution in [1.82, 2.24) is 25.2 Å². The van der Waals surface area contributed by atoms with E-state index in [1.807, 2.05) is 12.4 Å². The molecule has 0 atom stereocenters. The van der Waals surface area contributed by atoms with Crippen LogP contribution in [0.3, 0.4) is 0 Å². The Morgan fingerprint density at radius 1 is 1.25 bits per heavy atom. The summed E-state index contributed by atoms with van der Waals surface area (Å²) in [5, 5.41) is 9.83. The lowest BCUT2D eigenvalue weighted by molar-refractivity contribution is 0.503. The number of nitrogens with one attached hydrogen (secondary N) is 2. The van der Waals surface area contributed by atoms with Gasteiger partial charge < -0.3 is 15.2 Å². The van der Waals surface area contributed by atoms with Crippen molar-refractivity contribution in [3.63, 3.8) is 0 Å². The summed E-state index contributed by atoms with van der Waals surface area (Å²) in [4.78, 5) is 13.3. The monoisotopic (exact) mass is 348 g/mol. The van der Waals surface area contributed by atoms with E-state index in [1.54, 1.807) is 18.4 Å². The summed E-state index contributed by atoms with van der Waals surface area (Å²) in [7, 11) is 1.78. The van der Waals surface area contributed by atoms with Crippen LogP contribution in [-0.4, -0.2) is 27.5 Å². The van der Waals surface area contributed by atoms with Crippen molar-refractivity contribution in [2.45, 2.75) is 53.2 Å². The third kappa shape index (κ3) is 5.33. The standard InChI is InChI=1S/C17H28N6S/c1-12(2)10-23-7-6-19-15(23)8-20-17(18-5)21-9-16-22-14(11-24-16)13(3)4/h6-7,11-13H,8-10H2,1-5H3,(H2,18,20,21). The highest BCUT2D eigenvalue weighted by Crippen LogP contribution is 2.17. The van der Waals surface area contributed by atoms with Gasteiger partial charge in [-0.1, -0.05) is 27.7 Å². The first-order valence-electron chi connectivity index (χ1n) is 8.38. The second kappa shape index (κ2) is 8.82. The fourth-order valence-electron chi connectivity index (χ4n) is 2.28. The maximum absolute atomic E-state index is 4.63. The molecule has 0 bridgehead atoms. The molecule has 0 aliphatic carbocycles. The van der Waals surface area contributed by atoms with Crippen molar-refractivity contribution >= 4 is 17.3 Å². The third-order valence-corrected chi connectivity index (χ3v) is 4.44. The minimum absolute atomic E-state index is 0.465. The van der Waals surface area contributed by atoms with Gasteiger partial charge in [0.2, 0.25) is 0 Å². The Morgan fingerprint density at radius 3 is 2.62 bits per heavy atom. The van der Waals surface area contributed by atoms with Crippen LogP contribution < -0.4 is 10.6 Å². The largest absolute Gasteiger partial charge is 0.350 e. The molecule has 6 nitrogen and oxygen atoms in total. The van der Waals surface area contributed by atoms with Crippen LogP contribution in [0.15, 0.2) is 22.8 Å². The molecule has 2 heterocycles. The summed E-state index contributed by atoms with van der Waals surface area (Å²) in [5.41, 5.74) is 1.15. The molecular weight excluding hydrogens is 320 g/mol. The average molecular weight is 349 g/mol. The molecule has 0 aliphatic heterocycles. The Balaban J connectivity index is 1.85. The molecule has 2 rings (SSSR count). The summed E-state index contributed by atoms with van der Waals surface area (Å²) >= 11 is 1.68. The van der Waals surface area contributed by atoms with Crippen molar-refractivity contribution in [3.05, 3.63) is 34.3 Å². The maximum Gasteiger partial charge on any atom is 0.191 e. The van der Waals surface area contributed by atoms with Crippen molar-refractivity contribution < 1.29 is 0 Å². The van der Waals surface area contributed by atoms with Crippen molar-refractivity contribution in [2.24, 2.45) is 10.9 Å². The first-order valence-corrected chi connectivity index (χ1v) is 9.26. The van der Waals surface area contributed by atoms with Crippen LogP contribution in [0, 0.1) is 5.92 Å². The first kappa shape index (κ1) is 18.4. The molecule has 7 heteroatoms. The number of aromatic nitrogens is 3. The van der Waals surface area contributed by atoms with E-state index < -0.39 is 0 Å². The minimum Gasteiger partial charge on any atom is -0.350 e. The SMILES string of the molecule is CN=C(NCc1nc(C(C)C)cs1)NCc1nccn1CC(C)C. The van der Waals surface area contributed by atoms with E-state index in [4.69, 9.17) is 0 Å². The molecule has 0 saturated heterocycles. The van der Waals surface area contributed by atoms with Gasteiger partial charge in [-0.15, -0.1) is 11.3 Å². The Morgan fingerprint density at radius 2 is 2.00 bits per heavy atom. The second-order valence-corrected chi connectivity index (χ2v) is 7.43. The number of aliphatic imine (C=N–C) groups is 1. The molecule has 132 valence electrons. The van der Waals surface area contributed by atoms with Gasteiger partial charge in [-0.05, 0) is 11.8 Å². The molecule has 0 spiro atoms. The zero-order valence-electron chi connectivity index (χ0n) is 15.2. The predicted octanol–water partition coefficient (Wildman–Crippen LogP) is 2.98. The fraction of sp³-hybridized carbons (Fsp3) is 0.588. The lowest BCUT2D eigenvalue weighted by Crippen LogP contribution is -2.37. The molecule has 2 N–H and O–H groups in total. The lowest BCUT2D eigenvalue weighted by atomic mass is 10.2. The molecular formula is C17H28N6S. The quantitative estimate of drug-likeness (QED) is 0.596. The van der Waals surface area contributed by atoms with Crippen LogP contribution in [0.1, 0.15) is 50.1 Å². The summed E-state index contributed by atoms with van der Waals surface area (Å²) < 4.78 is 2.18. The van der Waals surface area contributed by atoms with E-state index in [0.29, 0.717) is 24.9 Å². The van der Waals surface area contributed by atoms with Crippen LogP contribution in [0.4, 0.5) is 0 Å². The molecule has 24 heavy (non-hydrogen) atoms. The van der Waals surface area contributed by atoms with Crippen molar-refractivity contribution in [3.8, 4) is 0 Å². The van der Waals surface area contributed by atoms with E-state index in [-0.39, 0.29) is 0 Å². The number of nitrogens with zero attached hydrogens (tertiary/aromatic N) is 4. The van der Waals surface area contributed by atoms with Crippen molar-refractivity contribution in [1.29, 1.82) is 0 Å². The van der Waals surface area contributed by atoms with Gasteiger partial charge in [0.15, 0.2) is 5.96 Å². The van der Waals surface area contributed by atoms with Gasteiger partial charge in [0.05, 0.1) is 18.8 Å². The molecule has 0 saturated carbocycles. The Bertz CT molecular complexity index is 656. The summed E-state index contributed by atoms with van der Waals surface area (Å²) in [6.07, 6.45) is 3.87. The van der Waals surface area contributed by atoms with Crippen LogP contribution >= 0.6 is 11.3 Å². The van der Waals surface area contributed by atoms with Crippen LogP contribution in [0.25, 0.3) is 0 Å². The van der Waals surface area contributed by atoms with Gasteiger partial charge in [0.1, 0.15) is 10.8 Å². The number of rotatable bonds is 7. The molecule has 0 fully saturated rings. The third-order valence-electron chi connectivity index (χ3n) is 3.57. The van der Waals surface area contributed by atoms with E-state index in [9.17, 15) is 0 Å². The fourth-order valence-corrected chi connectivity index (χ4v) is 3.18. The molecule has 0 aliphatic rings. The number of imidazole rings is 1. The zero-order valence-corrected chi connectivity index (χ0v) is 16.0. The number of thiazole rings is 1. The smallest absolute Gasteiger partial charge is 0.191 e.